The van der Waals surface area contributed by atoms with Crippen LogP contribution in [0, 0.1) is 13.5 Å². The van der Waals surface area contributed by atoms with E-state index in [-0.39, 0.29) is 0 Å². The fourth-order valence-electron chi connectivity index (χ4n) is 1.82. The first-order chi connectivity index (χ1) is 8.72. The van der Waals surface area contributed by atoms with Crippen molar-refractivity contribution < 1.29 is 4.74 Å². The second-order valence-electron chi connectivity index (χ2n) is 4.15. The van der Waals surface area contributed by atoms with Crippen LogP contribution in [0.5, 0.6) is 11.5 Å². The molecule has 0 saturated carbocycles. The zero-order valence-corrected chi connectivity index (χ0v) is 10.6. The van der Waals surface area contributed by atoms with Gasteiger partial charge in [0.25, 0.3) is 0 Å². The average Bonchev–Trinajstić information content (AvgIpc) is 2.42. The minimum Gasteiger partial charge on any atom is -0.457 e. The van der Waals surface area contributed by atoms with E-state index in [1.54, 1.807) is 12.1 Å². The van der Waals surface area contributed by atoms with E-state index >= 15 is 0 Å². The largest absolute Gasteiger partial charge is 0.457 e. The van der Waals surface area contributed by atoms with Gasteiger partial charge in [-0.05, 0) is 48.7 Å². The van der Waals surface area contributed by atoms with Gasteiger partial charge in [-0.1, -0.05) is 25.1 Å². The molecule has 2 aromatic rings. The Balaban J connectivity index is 2.20. The number of ether oxygens (including phenoxy) is 1. The van der Waals surface area contributed by atoms with Gasteiger partial charge in [0.2, 0.25) is 0 Å². The number of hydrogen-bond donors (Lipinski definition) is 0. The molecule has 0 saturated heterocycles. The van der Waals surface area contributed by atoms with Crippen molar-refractivity contribution in [2.24, 2.45) is 0 Å². The molecule has 0 N–H and O–H groups in total. The van der Waals surface area contributed by atoms with Gasteiger partial charge >= 0.3 is 0 Å². The first kappa shape index (κ1) is 12.2. The molecular formula is C16H15NO. The first-order valence-electron chi connectivity index (χ1n) is 5.98. The van der Waals surface area contributed by atoms with Crippen molar-refractivity contribution in [3.05, 3.63) is 65.0 Å². The molecule has 0 radical (unpaired) electrons. The molecule has 0 aliphatic carbocycles. The second kappa shape index (κ2) is 5.37. The first-order valence-corrected chi connectivity index (χ1v) is 5.98. The topological polar surface area (TPSA) is 13.6 Å². The maximum absolute atomic E-state index is 6.90. The predicted molar refractivity (Wildman–Crippen MR) is 73.3 cm³/mol. The summed E-state index contributed by atoms with van der Waals surface area (Å²) in [7, 11) is 0. The number of rotatable bonds is 3. The highest BCUT2D eigenvalue weighted by Gasteiger charge is 2.01. The molecular weight excluding hydrogens is 222 g/mol. The molecule has 0 amide bonds. The van der Waals surface area contributed by atoms with E-state index in [1.807, 2.05) is 18.2 Å². The standard InChI is InChI=1S/C16H15NO/c1-4-13-11-16(8-5-12(13)2)18-15-9-6-14(17-3)7-10-15/h5-11H,4H2,1-2H3. The molecule has 0 atom stereocenters. The highest BCUT2D eigenvalue weighted by atomic mass is 16.5. The van der Waals surface area contributed by atoms with Crippen LogP contribution in [0.3, 0.4) is 0 Å². The van der Waals surface area contributed by atoms with Crippen LogP contribution in [-0.2, 0) is 6.42 Å². The molecule has 2 aromatic carbocycles. The lowest BCUT2D eigenvalue weighted by Crippen LogP contribution is -1.89. The van der Waals surface area contributed by atoms with Gasteiger partial charge in [0.15, 0.2) is 5.69 Å². The molecule has 0 fully saturated rings. The Hall–Kier alpha value is -2.27. The zero-order chi connectivity index (χ0) is 13.0. The predicted octanol–water partition coefficient (Wildman–Crippen LogP) is 4.90. The Morgan fingerprint density at radius 2 is 1.72 bits per heavy atom. The number of hydrogen-bond acceptors (Lipinski definition) is 1. The van der Waals surface area contributed by atoms with E-state index in [0.717, 1.165) is 17.9 Å². The van der Waals surface area contributed by atoms with E-state index in [9.17, 15) is 0 Å². The maximum atomic E-state index is 6.90. The Kier molecular flexibility index (Phi) is 3.64. The van der Waals surface area contributed by atoms with Gasteiger partial charge in [-0.3, -0.25) is 0 Å². The Labute approximate surface area is 108 Å². The number of benzene rings is 2. The summed E-state index contributed by atoms with van der Waals surface area (Å²) < 4.78 is 5.77. The van der Waals surface area contributed by atoms with Gasteiger partial charge in [0.05, 0.1) is 6.57 Å². The third kappa shape index (κ3) is 2.70. The summed E-state index contributed by atoms with van der Waals surface area (Å²) in [6.07, 6.45) is 1.000. The van der Waals surface area contributed by atoms with Gasteiger partial charge in [-0.2, -0.15) is 0 Å². The molecule has 18 heavy (non-hydrogen) atoms. The lowest BCUT2D eigenvalue weighted by molar-refractivity contribution is 0.482. The van der Waals surface area contributed by atoms with Crippen molar-refractivity contribution in [3.63, 3.8) is 0 Å². The molecule has 0 aliphatic heterocycles. The van der Waals surface area contributed by atoms with E-state index in [0.29, 0.717) is 5.69 Å². The second-order valence-corrected chi connectivity index (χ2v) is 4.15. The lowest BCUT2D eigenvalue weighted by Gasteiger charge is -2.09. The molecule has 2 nitrogen and oxygen atoms in total. The number of aryl methyl sites for hydroxylation is 2. The summed E-state index contributed by atoms with van der Waals surface area (Å²) in [5, 5.41) is 0. The van der Waals surface area contributed by atoms with Gasteiger partial charge in [0, 0.05) is 0 Å². The lowest BCUT2D eigenvalue weighted by atomic mass is 10.1. The van der Waals surface area contributed by atoms with Crippen molar-refractivity contribution in [2.45, 2.75) is 20.3 Å². The Morgan fingerprint density at radius 1 is 1.06 bits per heavy atom. The van der Waals surface area contributed by atoms with Crippen LogP contribution in [0.25, 0.3) is 4.85 Å². The summed E-state index contributed by atoms with van der Waals surface area (Å²) >= 11 is 0. The smallest absolute Gasteiger partial charge is 0.187 e. The van der Waals surface area contributed by atoms with E-state index in [2.05, 4.69) is 30.8 Å². The van der Waals surface area contributed by atoms with Crippen LogP contribution < -0.4 is 4.74 Å². The van der Waals surface area contributed by atoms with Gasteiger partial charge in [0.1, 0.15) is 11.5 Å². The van der Waals surface area contributed by atoms with Crippen LogP contribution in [-0.4, -0.2) is 0 Å². The Bertz CT molecular complexity index is 579. The highest BCUT2D eigenvalue weighted by molar-refractivity contribution is 5.48. The molecule has 0 unspecified atom stereocenters. The highest BCUT2D eigenvalue weighted by Crippen LogP contribution is 2.26. The minimum atomic E-state index is 0.625. The monoisotopic (exact) mass is 237 g/mol. The van der Waals surface area contributed by atoms with Crippen LogP contribution in [0.2, 0.25) is 0 Å². The molecule has 2 rings (SSSR count). The molecule has 0 aliphatic rings. The van der Waals surface area contributed by atoms with Gasteiger partial charge in [-0.25, -0.2) is 4.85 Å². The van der Waals surface area contributed by atoms with Gasteiger partial charge in [-0.15, -0.1) is 0 Å². The normalized spacial score (nSPS) is 9.83. The van der Waals surface area contributed by atoms with Crippen LogP contribution >= 0.6 is 0 Å². The maximum Gasteiger partial charge on any atom is 0.187 e. The van der Waals surface area contributed by atoms with Crippen molar-refractivity contribution in [3.8, 4) is 11.5 Å². The van der Waals surface area contributed by atoms with Crippen molar-refractivity contribution in [1.82, 2.24) is 0 Å². The minimum absolute atomic E-state index is 0.625. The summed E-state index contributed by atoms with van der Waals surface area (Å²) in [5.41, 5.74) is 3.21. The third-order valence-electron chi connectivity index (χ3n) is 2.90. The molecule has 2 heteroatoms. The summed E-state index contributed by atoms with van der Waals surface area (Å²) in [4.78, 5) is 3.35. The molecule has 90 valence electrons. The van der Waals surface area contributed by atoms with Crippen molar-refractivity contribution in [1.29, 1.82) is 0 Å². The summed E-state index contributed by atoms with van der Waals surface area (Å²) in [6.45, 7) is 11.1. The average molecular weight is 237 g/mol. The number of nitrogens with zero attached hydrogens (tertiary/aromatic N) is 1. The van der Waals surface area contributed by atoms with Crippen LogP contribution in [0.4, 0.5) is 5.69 Å². The van der Waals surface area contributed by atoms with Gasteiger partial charge < -0.3 is 4.74 Å². The molecule has 0 spiro atoms. The van der Waals surface area contributed by atoms with Crippen molar-refractivity contribution >= 4 is 5.69 Å². The molecule has 0 bridgehead atoms. The van der Waals surface area contributed by atoms with E-state index < -0.39 is 0 Å². The summed E-state index contributed by atoms with van der Waals surface area (Å²) in [5.74, 6) is 1.60. The fourth-order valence-corrected chi connectivity index (χ4v) is 1.82. The Morgan fingerprint density at radius 3 is 2.33 bits per heavy atom. The SMILES string of the molecule is [C-]#[N+]c1ccc(Oc2ccc(C)c(CC)c2)cc1. The fraction of sp³-hybridized carbons (Fsp3) is 0.188. The zero-order valence-electron chi connectivity index (χ0n) is 10.6. The van der Waals surface area contributed by atoms with Crippen molar-refractivity contribution in [2.75, 3.05) is 0 Å². The molecule has 0 heterocycles. The van der Waals surface area contributed by atoms with Crippen LogP contribution in [0.1, 0.15) is 18.1 Å². The summed E-state index contributed by atoms with van der Waals surface area (Å²) in [6, 6.07) is 13.3. The van der Waals surface area contributed by atoms with E-state index in [1.165, 1.54) is 11.1 Å². The van der Waals surface area contributed by atoms with Crippen LogP contribution in [0.15, 0.2) is 42.5 Å². The van der Waals surface area contributed by atoms with E-state index in [4.69, 9.17) is 11.3 Å². The molecule has 0 aromatic heterocycles. The third-order valence-corrected chi connectivity index (χ3v) is 2.90. The quantitative estimate of drug-likeness (QED) is 0.692.